The molecule has 12 nitrogen and oxygen atoms in total. The zero-order valence-electron chi connectivity index (χ0n) is 15.3. The number of phenolic OH excluding ortho intramolecular Hbond substituents is 3. The lowest BCUT2D eigenvalue weighted by atomic mass is 10.0. The molecule has 3 heterocycles. The molecule has 0 bridgehead atoms. The summed E-state index contributed by atoms with van der Waals surface area (Å²) in [6.07, 6.45) is -6.18. The maximum absolute atomic E-state index is 12.5. The average molecular weight is 434 g/mol. The van der Waals surface area contributed by atoms with Gasteiger partial charge >= 0.3 is 11.3 Å². The molecular formula is C19H14O12. The van der Waals surface area contributed by atoms with E-state index >= 15 is 0 Å². The summed E-state index contributed by atoms with van der Waals surface area (Å²) in [7, 11) is 0. The average Bonchev–Trinajstić information content (AvgIpc) is 2.73. The van der Waals surface area contributed by atoms with Crippen LogP contribution in [-0.4, -0.2) is 61.8 Å². The molecule has 6 N–H and O–H groups in total. The van der Waals surface area contributed by atoms with Crippen LogP contribution in [0.3, 0.4) is 0 Å². The Hall–Kier alpha value is -3.58. The molecule has 1 saturated heterocycles. The topological polar surface area (TPSA) is 200 Å². The second kappa shape index (κ2) is 6.46. The Balaban J connectivity index is 1.78. The highest BCUT2D eigenvalue weighted by molar-refractivity contribution is 6.22. The maximum atomic E-state index is 12.5. The lowest BCUT2D eigenvalue weighted by molar-refractivity contribution is -0.242. The van der Waals surface area contributed by atoms with Gasteiger partial charge in [0.05, 0.1) is 17.4 Å². The van der Waals surface area contributed by atoms with Crippen molar-refractivity contribution in [1.82, 2.24) is 0 Å². The van der Waals surface area contributed by atoms with E-state index in [1.54, 1.807) is 0 Å². The standard InChI is InChI=1S/C19H14O12/c20-6-1-4-9-10-5(18(27)30-15(9)12(6)23)2-8(13(24)16(10)31-17(4)26)29-19-14(25)11(22)7(21)3-28-19/h1-2,7,11,14,19-25H,3H2/t7-,11+,14-,19-/m1/s1. The smallest absolute Gasteiger partial charge is 0.344 e. The van der Waals surface area contributed by atoms with Crippen LogP contribution in [0, 0.1) is 0 Å². The van der Waals surface area contributed by atoms with Gasteiger partial charge in [0.2, 0.25) is 17.8 Å². The highest BCUT2D eigenvalue weighted by Gasteiger charge is 2.39. The second-order valence-electron chi connectivity index (χ2n) is 7.12. The summed E-state index contributed by atoms with van der Waals surface area (Å²) in [6, 6.07) is 1.97. The molecule has 0 radical (unpaired) electrons. The molecule has 4 atom stereocenters. The Bertz CT molecular complexity index is 1450. The van der Waals surface area contributed by atoms with Crippen molar-refractivity contribution >= 4 is 32.7 Å². The van der Waals surface area contributed by atoms with Gasteiger partial charge in [-0.05, 0) is 12.1 Å². The van der Waals surface area contributed by atoms with Gasteiger partial charge in [0.15, 0.2) is 22.7 Å². The lowest BCUT2D eigenvalue weighted by Crippen LogP contribution is -2.54. The van der Waals surface area contributed by atoms with Gasteiger partial charge in [0.25, 0.3) is 0 Å². The Kier molecular flexibility index (Phi) is 4.04. The zero-order valence-corrected chi connectivity index (χ0v) is 15.3. The Morgan fingerprint density at radius 2 is 1.42 bits per heavy atom. The van der Waals surface area contributed by atoms with Gasteiger partial charge in [-0.1, -0.05) is 0 Å². The van der Waals surface area contributed by atoms with Crippen LogP contribution in [-0.2, 0) is 4.74 Å². The fourth-order valence-corrected chi connectivity index (χ4v) is 3.67. The number of hydrogen-bond acceptors (Lipinski definition) is 12. The van der Waals surface area contributed by atoms with Gasteiger partial charge in [0, 0.05) is 10.8 Å². The van der Waals surface area contributed by atoms with Gasteiger partial charge in [-0.3, -0.25) is 0 Å². The molecule has 5 rings (SSSR count). The molecule has 0 aliphatic carbocycles. The van der Waals surface area contributed by atoms with Gasteiger partial charge < -0.3 is 48.9 Å². The van der Waals surface area contributed by atoms with E-state index in [0.717, 1.165) is 12.1 Å². The van der Waals surface area contributed by atoms with E-state index in [2.05, 4.69) is 0 Å². The number of aliphatic hydroxyl groups is 3. The van der Waals surface area contributed by atoms with Crippen molar-refractivity contribution in [2.45, 2.75) is 24.6 Å². The van der Waals surface area contributed by atoms with Gasteiger partial charge in [-0.15, -0.1) is 0 Å². The van der Waals surface area contributed by atoms with Crippen LogP contribution in [0.5, 0.6) is 23.0 Å². The van der Waals surface area contributed by atoms with E-state index in [0.29, 0.717) is 0 Å². The van der Waals surface area contributed by atoms with Crippen LogP contribution in [0.4, 0.5) is 0 Å². The third kappa shape index (κ3) is 2.63. The molecule has 2 aromatic carbocycles. The number of phenols is 3. The lowest BCUT2D eigenvalue weighted by Gasteiger charge is -2.35. The molecule has 2 aromatic heterocycles. The first-order valence-electron chi connectivity index (χ1n) is 8.95. The molecule has 31 heavy (non-hydrogen) atoms. The monoisotopic (exact) mass is 434 g/mol. The molecule has 4 aromatic rings. The van der Waals surface area contributed by atoms with Crippen molar-refractivity contribution in [2.24, 2.45) is 0 Å². The molecule has 0 unspecified atom stereocenters. The first-order valence-corrected chi connectivity index (χ1v) is 8.95. The molecule has 162 valence electrons. The van der Waals surface area contributed by atoms with Crippen molar-refractivity contribution in [3.8, 4) is 23.0 Å². The van der Waals surface area contributed by atoms with Crippen molar-refractivity contribution in [3.63, 3.8) is 0 Å². The molecule has 12 heteroatoms. The van der Waals surface area contributed by atoms with E-state index < -0.39 is 70.0 Å². The van der Waals surface area contributed by atoms with Crippen LogP contribution in [0.2, 0.25) is 0 Å². The fourth-order valence-electron chi connectivity index (χ4n) is 3.67. The number of aromatic hydroxyl groups is 3. The van der Waals surface area contributed by atoms with Crippen LogP contribution in [0.25, 0.3) is 32.7 Å². The van der Waals surface area contributed by atoms with E-state index in [1.807, 2.05) is 0 Å². The molecule has 1 aliphatic heterocycles. The fraction of sp³-hybridized carbons (Fsp3) is 0.263. The van der Waals surface area contributed by atoms with Crippen LogP contribution >= 0.6 is 0 Å². The van der Waals surface area contributed by atoms with Crippen molar-refractivity contribution in [3.05, 3.63) is 33.0 Å². The van der Waals surface area contributed by atoms with Crippen molar-refractivity contribution < 1.29 is 48.9 Å². The second-order valence-corrected chi connectivity index (χ2v) is 7.12. The van der Waals surface area contributed by atoms with Crippen LogP contribution < -0.4 is 16.0 Å². The number of aliphatic hydroxyl groups excluding tert-OH is 3. The predicted molar refractivity (Wildman–Crippen MR) is 101 cm³/mol. The Labute approximate surface area is 169 Å². The summed E-state index contributed by atoms with van der Waals surface area (Å²) in [5, 5.41) is 59.4. The summed E-state index contributed by atoms with van der Waals surface area (Å²) in [4.78, 5) is 25.0. The minimum absolute atomic E-state index is 0.0644. The summed E-state index contributed by atoms with van der Waals surface area (Å²) in [5.41, 5.74) is -2.97. The highest BCUT2D eigenvalue weighted by Crippen LogP contribution is 2.45. The minimum atomic E-state index is -1.70. The van der Waals surface area contributed by atoms with Crippen LogP contribution in [0.1, 0.15) is 0 Å². The van der Waals surface area contributed by atoms with Crippen molar-refractivity contribution in [2.75, 3.05) is 6.61 Å². The molecule has 1 fully saturated rings. The first-order chi connectivity index (χ1) is 14.7. The van der Waals surface area contributed by atoms with Crippen molar-refractivity contribution in [1.29, 1.82) is 0 Å². The molecule has 1 aliphatic rings. The summed E-state index contributed by atoms with van der Waals surface area (Å²) >= 11 is 0. The normalized spacial score (nSPS) is 24.4. The van der Waals surface area contributed by atoms with E-state index in [9.17, 15) is 40.2 Å². The van der Waals surface area contributed by atoms with Crippen LogP contribution in [0.15, 0.2) is 30.6 Å². The number of rotatable bonds is 2. The SMILES string of the molecule is O=c1oc2c(O)c(O[C@H]3OC[C@@H](O)[C@H](O)[C@H]3O)cc3c(=O)oc4c(O)c(O)cc1c4c23. The van der Waals surface area contributed by atoms with E-state index in [-0.39, 0.29) is 28.2 Å². The Morgan fingerprint density at radius 1 is 0.839 bits per heavy atom. The summed E-state index contributed by atoms with van der Waals surface area (Å²) in [6.45, 7) is -0.377. The quantitative estimate of drug-likeness (QED) is 0.133. The van der Waals surface area contributed by atoms with Gasteiger partial charge in [0.1, 0.15) is 18.3 Å². The highest BCUT2D eigenvalue weighted by atomic mass is 16.7. The molecule has 0 amide bonds. The van der Waals surface area contributed by atoms with E-state index in [1.165, 1.54) is 0 Å². The number of ether oxygens (including phenoxy) is 2. The largest absolute Gasteiger partial charge is 0.504 e. The first kappa shape index (κ1) is 19.4. The van der Waals surface area contributed by atoms with E-state index in [4.69, 9.17) is 18.3 Å². The number of hydrogen-bond donors (Lipinski definition) is 6. The molecule has 0 spiro atoms. The third-order valence-electron chi connectivity index (χ3n) is 5.23. The molecular weight excluding hydrogens is 420 g/mol. The van der Waals surface area contributed by atoms with Gasteiger partial charge in [-0.25, -0.2) is 9.59 Å². The Morgan fingerprint density at radius 3 is 2.06 bits per heavy atom. The number of benzene rings is 2. The van der Waals surface area contributed by atoms with Gasteiger partial charge in [-0.2, -0.15) is 0 Å². The minimum Gasteiger partial charge on any atom is -0.504 e. The summed E-state index contributed by atoms with van der Waals surface area (Å²) < 4.78 is 20.7. The third-order valence-corrected chi connectivity index (χ3v) is 5.23. The summed E-state index contributed by atoms with van der Waals surface area (Å²) in [5.74, 6) is -2.66. The molecule has 0 saturated carbocycles. The zero-order chi connectivity index (χ0) is 22.2. The predicted octanol–water partition coefficient (Wildman–Crippen LogP) is -0.575. The maximum Gasteiger partial charge on any atom is 0.344 e.